The highest BCUT2D eigenvalue weighted by atomic mass is 35.5. The number of H-pyrrole nitrogens is 1. The first-order chi connectivity index (χ1) is 9.75. The normalized spacial score (nSPS) is 8.74. The number of nitrogens with one attached hydrogen (secondary N) is 1. The molecule has 0 bridgehead atoms. The highest BCUT2D eigenvalue weighted by Crippen LogP contribution is 2.08. The number of nitrogens with zero attached hydrogens (tertiary/aromatic N) is 3. The van der Waals surface area contributed by atoms with E-state index in [4.69, 9.17) is 22.9 Å². The number of aromatic amines is 1. The number of hydrogen-bond acceptors (Lipinski definition) is 7. The van der Waals surface area contributed by atoms with Gasteiger partial charge >= 0.3 is 0 Å². The Kier molecular flexibility index (Phi) is 8.73. The summed E-state index contributed by atoms with van der Waals surface area (Å²) in [4.78, 5) is 41.4. The van der Waals surface area contributed by atoms with Crippen LogP contribution in [0.25, 0.3) is 0 Å². The number of primary amides is 2. The third kappa shape index (κ3) is 5.32. The number of carbonyl (C=O) groups excluding carboxylic acids is 3. The van der Waals surface area contributed by atoms with E-state index in [-0.39, 0.29) is 48.8 Å². The second-order valence-electron chi connectivity index (χ2n) is 3.76. The summed E-state index contributed by atoms with van der Waals surface area (Å²) in [6, 6.07) is 0. The molecule has 2 aromatic rings. The predicted molar refractivity (Wildman–Crippen MR) is 87.0 cm³/mol. The predicted octanol–water partition coefficient (Wildman–Crippen LogP) is -0.627. The Labute approximate surface area is 137 Å². The molecule has 2 amide bonds. The zero-order valence-corrected chi connectivity index (χ0v) is 12.3. The van der Waals surface area contributed by atoms with Crippen LogP contribution in [-0.2, 0) is 0 Å². The fourth-order valence-electron chi connectivity index (χ4n) is 1.30. The molecule has 0 spiro atoms. The minimum absolute atomic E-state index is 0. The molecule has 0 fully saturated rings. The number of halogens is 1. The van der Waals surface area contributed by atoms with Crippen LogP contribution >= 0.6 is 12.4 Å². The van der Waals surface area contributed by atoms with Gasteiger partial charge in [0.1, 0.15) is 17.8 Å². The molecule has 23 heavy (non-hydrogen) atoms. The summed E-state index contributed by atoms with van der Waals surface area (Å²) in [6.45, 7) is 1.31. The first-order valence-electron chi connectivity index (χ1n) is 5.47. The molecule has 0 aliphatic heterocycles. The lowest BCUT2D eigenvalue weighted by molar-refractivity contribution is 0.0937. The summed E-state index contributed by atoms with van der Waals surface area (Å²) in [5.41, 5.74) is 20.5. The second kappa shape index (κ2) is 9.04. The number of carbonyl (C=O) groups is 3. The van der Waals surface area contributed by atoms with Crippen molar-refractivity contribution in [2.24, 2.45) is 11.5 Å². The molecule has 2 rings (SSSR count). The van der Waals surface area contributed by atoms with Crippen LogP contribution in [0, 0.1) is 0 Å². The number of anilines is 2. The van der Waals surface area contributed by atoms with Crippen molar-refractivity contribution in [2.75, 3.05) is 11.5 Å². The molecule has 2 heterocycles. The maximum Gasteiger partial charge on any atom is 0.271 e. The summed E-state index contributed by atoms with van der Waals surface area (Å²) in [5, 5.41) is 0. The lowest BCUT2D eigenvalue weighted by Crippen LogP contribution is -2.15. The molecule has 12 heteroatoms. The van der Waals surface area contributed by atoms with Crippen LogP contribution in [0.1, 0.15) is 40.1 Å². The summed E-state index contributed by atoms with van der Waals surface area (Å²) >= 11 is 0. The third-order valence-corrected chi connectivity index (χ3v) is 2.29. The Morgan fingerprint density at radius 3 is 1.91 bits per heavy atom. The Hall–Kier alpha value is -3.08. The molecule has 11 nitrogen and oxygen atoms in total. The first-order valence-corrected chi connectivity index (χ1v) is 5.47. The van der Waals surface area contributed by atoms with Gasteiger partial charge in [-0.3, -0.25) is 19.0 Å². The number of rotatable bonds is 2. The van der Waals surface area contributed by atoms with Gasteiger partial charge in [-0.1, -0.05) is 7.43 Å². The van der Waals surface area contributed by atoms with Crippen molar-refractivity contribution in [3.63, 3.8) is 0 Å². The van der Waals surface area contributed by atoms with Gasteiger partial charge < -0.3 is 27.9 Å². The summed E-state index contributed by atoms with van der Waals surface area (Å²) in [7, 11) is 0. The minimum atomic E-state index is -0.743. The van der Waals surface area contributed by atoms with Crippen LogP contribution in [0.3, 0.4) is 0 Å². The summed E-state index contributed by atoms with van der Waals surface area (Å²) < 4.78 is 1.06. The number of nitrogen functional groups attached to an aromatic ring is 2. The fraction of sp³-hybridized carbons (Fsp3) is 0.182. The standard InChI is InChI=1S/C6H8N4O2.C4H6N4O.CH4.ClH/c1-3(11)10-2-9-4(5(10)7)6(8)12;5-3-2(4(6)9)7-1-8-3;;/h2H,7H2,1H3,(H2,8,12);1H,5H2,(H2,6,9)(H,7,8);1H4;1H. The molecule has 0 saturated carbocycles. The number of nitrogens with two attached hydrogens (primary N) is 4. The van der Waals surface area contributed by atoms with Crippen LogP contribution in [0.4, 0.5) is 11.6 Å². The number of amides is 2. The monoisotopic (exact) mass is 346 g/mol. The lowest BCUT2D eigenvalue weighted by Gasteiger charge is -1.97. The third-order valence-electron chi connectivity index (χ3n) is 2.29. The van der Waals surface area contributed by atoms with E-state index in [2.05, 4.69) is 15.0 Å². The molecule has 9 N–H and O–H groups in total. The highest BCUT2D eigenvalue weighted by molar-refractivity contribution is 5.97. The first kappa shape index (κ1) is 22.2. The maximum absolute atomic E-state index is 10.8. The molecule has 128 valence electrons. The van der Waals surface area contributed by atoms with Gasteiger partial charge in [-0.2, -0.15) is 0 Å². The smallest absolute Gasteiger partial charge is 0.271 e. The van der Waals surface area contributed by atoms with Crippen LogP contribution in [0.2, 0.25) is 0 Å². The molecule has 2 aromatic heterocycles. The molecule has 0 aromatic carbocycles. The second-order valence-corrected chi connectivity index (χ2v) is 3.76. The number of hydrogen-bond donors (Lipinski definition) is 5. The highest BCUT2D eigenvalue weighted by Gasteiger charge is 2.13. The Morgan fingerprint density at radius 1 is 1.13 bits per heavy atom. The molecule has 0 aliphatic carbocycles. The van der Waals surface area contributed by atoms with E-state index < -0.39 is 11.8 Å². The van der Waals surface area contributed by atoms with Gasteiger partial charge in [-0.25, -0.2) is 9.97 Å². The fourth-order valence-corrected chi connectivity index (χ4v) is 1.30. The van der Waals surface area contributed by atoms with Crippen molar-refractivity contribution in [1.82, 2.24) is 19.5 Å². The maximum atomic E-state index is 10.8. The van der Waals surface area contributed by atoms with Crippen LogP contribution < -0.4 is 22.9 Å². The van der Waals surface area contributed by atoms with E-state index in [0.29, 0.717) is 0 Å². The van der Waals surface area contributed by atoms with Crippen molar-refractivity contribution in [2.45, 2.75) is 14.4 Å². The summed E-state index contributed by atoms with van der Waals surface area (Å²) in [6.07, 6.45) is 2.48. The quantitative estimate of drug-likeness (QED) is 0.475. The molecular weight excluding hydrogens is 328 g/mol. The van der Waals surface area contributed by atoms with E-state index in [1.165, 1.54) is 13.3 Å². The van der Waals surface area contributed by atoms with E-state index in [9.17, 15) is 14.4 Å². The van der Waals surface area contributed by atoms with Crippen molar-refractivity contribution in [3.8, 4) is 0 Å². The van der Waals surface area contributed by atoms with Crippen LogP contribution in [-0.4, -0.2) is 37.2 Å². The molecule has 0 radical (unpaired) electrons. The zero-order chi connectivity index (χ0) is 16.2. The topological polar surface area (TPSA) is 202 Å². The van der Waals surface area contributed by atoms with Gasteiger partial charge in [-0.15, -0.1) is 12.4 Å². The Balaban J connectivity index is 0. The Bertz CT molecular complexity index is 662. The van der Waals surface area contributed by atoms with Crippen LogP contribution in [0.15, 0.2) is 12.7 Å². The largest absolute Gasteiger partial charge is 0.383 e. The van der Waals surface area contributed by atoms with Crippen molar-refractivity contribution >= 4 is 41.8 Å². The zero-order valence-electron chi connectivity index (χ0n) is 11.4. The van der Waals surface area contributed by atoms with Crippen molar-refractivity contribution in [3.05, 3.63) is 24.0 Å². The summed E-state index contributed by atoms with van der Waals surface area (Å²) in [5.74, 6) is -1.53. The van der Waals surface area contributed by atoms with Crippen molar-refractivity contribution < 1.29 is 14.4 Å². The molecule has 0 unspecified atom stereocenters. The van der Waals surface area contributed by atoms with Gasteiger partial charge in [0.2, 0.25) is 5.91 Å². The van der Waals surface area contributed by atoms with Gasteiger partial charge in [0, 0.05) is 6.92 Å². The van der Waals surface area contributed by atoms with Gasteiger partial charge in [0.15, 0.2) is 11.5 Å². The van der Waals surface area contributed by atoms with Gasteiger partial charge in [0.25, 0.3) is 11.8 Å². The van der Waals surface area contributed by atoms with E-state index in [1.807, 2.05) is 0 Å². The average molecular weight is 347 g/mol. The average Bonchev–Trinajstić information content (AvgIpc) is 2.95. The number of aromatic nitrogens is 4. The SMILES string of the molecule is C.CC(=O)n1cnc(C(N)=O)c1N.Cl.NC(=O)c1[nH]cnc1N. The van der Waals surface area contributed by atoms with Crippen molar-refractivity contribution in [1.29, 1.82) is 0 Å². The molecular formula is C11H19ClN8O3. The van der Waals surface area contributed by atoms with Crippen LogP contribution in [0.5, 0.6) is 0 Å². The Morgan fingerprint density at radius 2 is 1.70 bits per heavy atom. The van der Waals surface area contributed by atoms with E-state index >= 15 is 0 Å². The molecule has 0 aliphatic rings. The minimum Gasteiger partial charge on any atom is -0.383 e. The van der Waals surface area contributed by atoms with E-state index in [1.54, 1.807) is 0 Å². The number of imidazole rings is 2. The molecule has 0 saturated heterocycles. The van der Waals surface area contributed by atoms with Gasteiger partial charge in [-0.05, 0) is 0 Å². The van der Waals surface area contributed by atoms with E-state index in [0.717, 1.165) is 10.9 Å². The molecule has 0 atom stereocenters. The lowest BCUT2D eigenvalue weighted by atomic mass is 10.4. The van der Waals surface area contributed by atoms with Gasteiger partial charge in [0.05, 0.1) is 6.33 Å².